The number of aryl methyl sites for hydroxylation is 1. The second kappa shape index (κ2) is 6.29. The van der Waals surface area contributed by atoms with Crippen molar-refractivity contribution in [3.8, 4) is 6.07 Å². The van der Waals surface area contributed by atoms with Crippen molar-refractivity contribution < 1.29 is 17.7 Å². The van der Waals surface area contributed by atoms with E-state index in [4.69, 9.17) is 9.78 Å². The molecule has 0 fully saturated rings. The van der Waals surface area contributed by atoms with E-state index in [1.54, 1.807) is 13.0 Å². The Balaban J connectivity index is 2.19. The molecule has 0 aliphatic carbocycles. The monoisotopic (exact) mass is 383 g/mol. The molecular formula is C13H10BrN3O4S. The lowest BCUT2D eigenvalue weighted by Crippen LogP contribution is -2.32. The van der Waals surface area contributed by atoms with Gasteiger partial charge < -0.3 is 4.52 Å². The Morgan fingerprint density at radius 2 is 2.14 bits per heavy atom. The van der Waals surface area contributed by atoms with Gasteiger partial charge in [-0.1, -0.05) is 21.1 Å². The van der Waals surface area contributed by atoms with Crippen molar-refractivity contribution in [2.24, 2.45) is 0 Å². The van der Waals surface area contributed by atoms with Crippen LogP contribution in [0, 0.1) is 18.3 Å². The minimum Gasteiger partial charge on any atom is -0.361 e. The first-order chi connectivity index (χ1) is 10.3. The highest BCUT2D eigenvalue weighted by Crippen LogP contribution is 2.19. The van der Waals surface area contributed by atoms with E-state index in [9.17, 15) is 13.2 Å². The van der Waals surface area contributed by atoms with Crippen LogP contribution < -0.4 is 4.72 Å². The molecule has 0 unspecified atom stereocenters. The molecule has 0 radical (unpaired) electrons. The summed E-state index contributed by atoms with van der Waals surface area (Å²) in [6.45, 7) is 1.66. The molecule has 1 aromatic carbocycles. The van der Waals surface area contributed by atoms with E-state index >= 15 is 0 Å². The molecule has 0 aliphatic heterocycles. The predicted octanol–water partition coefficient (Wildman–Crippen LogP) is 1.66. The van der Waals surface area contributed by atoms with Crippen LogP contribution in [-0.4, -0.2) is 19.5 Å². The van der Waals surface area contributed by atoms with Crippen LogP contribution in [0.3, 0.4) is 0 Å². The number of nitrogens with zero attached hydrogens (tertiary/aromatic N) is 2. The number of carbonyl (C=O) groups is 1. The molecule has 1 heterocycles. The van der Waals surface area contributed by atoms with Gasteiger partial charge in [0.1, 0.15) is 5.76 Å². The maximum atomic E-state index is 12.2. The Hall–Kier alpha value is -2.18. The average Bonchev–Trinajstić information content (AvgIpc) is 2.82. The third-order valence-corrected chi connectivity index (χ3v) is 4.39. The molecule has 0 aliphatic rings. The van der Waals surface area contributed by atoms with Crippen LogP contribution in [0.2, 0.25) is 0 Å². The first-order valence-corrected chi connectivity index (χ1v) is 8.26. The highest BCUT2D eigenvalue weighted by Gasteiger charge is 2.20. The number of benzene rings is 1. The van der Waals surface area contributed by atoms with Crippen molar-refractivity contribution in [1.82, 2.24) is 9.88 Å². The van der Waals surface area contributed by atoms with Crippen LogP contribution in [0.25, 0.3) is 0 Å². The molecule has 2 aromatic rings. The average molecular weight is 384 g/mol. The van der Waals surface area contributed by atoms with Gasteiger partial charge in [-0.05, 0) is 25.1 Å². The van der Waals surface area contributed by atoms with Gasteiger partial charge in [0, 0.05) is 10.5 Å². The minimum atomic E-state index is -4.07. The molecule has 22 heavy (non-hydrogen) atoms. The molecule has 1 amide bonds. The van der Waals surface area contributed by atoms with Crippen molar-refractivity contribution in [1.29, 1.82) is 5.26 Å². The molecule has 0 bridgehead atoms. The van der Waals surface area contributed by atoms with E-state index in [1.807, 2.05) is 10.8 Å². The van der Waals surface area contributed by atoms with Crippen LogP contribution in [0.15, 0.2) is 38.2 Å². The first kappa shape index (κ1) is 16.2. The second-order valence-corrected chi connectivity index (χ2v) is 7.02. The van der Waals surface area contributed by atoms with E-state index in [-0.39, 0.29) is 16.9 Å². The number of halogens is 1. The van der Waals surface area contributed by atoms with E-state index in [0.717, 1.165) is 0 Å². The van der Waals surface area contributed by atoms with Gasteiger partial charge in [-0.15, -0.1) is 0 Å². The number of hydrogen-bond donors (Lipinski definition) is 1. The van der Waals surface area contributed by atoms with Crippen molar-refractivity contribution in [2.45, 2.75) is 18.2 Å². The molecular weight excluding hydrogens is 374 g/mol. The molecule has 1 aromatic heterocycles. The van der Waals surface area contributed by atoms with Crippen LogP contribution in [-0.2, 0) is 21.2 Å². The maximum Gasteiger partial charge on any atom is 0.264 e. The highest BCUT2D eigenvalue weighted by molar-refractivity contribution is 9.10. The molecule has 1 N–H and O–H groups in total. The molecule has 2 rings (SSSR count). The summed E-state index contributed by atoms with van der Waals surface area (Å²) in [7, 11) is -4.07. The summed E-state index contributed by atoms with van der Waals surface area (Å²) in [4.78, 5) is 11.6. The number of aromatic nitrogens is 1. The zero-order valence-electron chi connectivity index (χ0n) is 11.3. The highest BCUT2D eigenvalue weighted by atomic mass is 79.9. The van der Waals surface area contributed by atoms with E-state index in [2.05, 4.69) is 21.1 Å². The van der Waals surface area contributed by atoms with Gasteiger partial charge in [-0.3, -0.25) is 4.79 Å². The zero-order valence-corrected chi connectivity index (χ0v) is 13.7. The van der Waals surface area contributed by atoms with Crippen molar-refractivity contribution in [3.05, 3.63) is 45.8 Å². The fourth-order valence-corrected chi connectivity index (χ4v) is 3.39. The van der Waals surface area contributed by atoms with Gasteiger partial charge in [0.05, 0.1) is 28.6 Å². The quantitative estimate of drug-likeness (QED) is 0.858. The van der Waals surface area contributed by atoms with Crippen molar-refractivity contribution >= 4 is 31.9 Å². The number of rotatable bonds is 4. The lowest BCUT2D eigenvalue weighted by atomic mass is 10.2. The zero-order chi connectivity index (χ0) is 16.3. The van der Waals surface area contributed by atoms with Gasteiger partial charge in [0.2, 0.25) is 5.91 Å². The number of amides is 1. The summed E-state index contributed by atoms with van der Waals surface area (Å²) < 4.78 is 31.5. The Kier molecular flexibility index (Phi) is 4.63. The summed E-state index contributed by atoms with van der Waals surface area (Å²) in [5.74, 6) is -0.219. The predicted molar refractivity (Wildman–Crippen MR) is 79.1 cm³/mol. The normalized spacial score (nSPS) is 11.0. The molecule has 7 nitrogen and oxygen atoms in total. The summed E-state index contributed by atoms with van der Waals surface area (Å²) in [6, 6.07) is 7.34. The van der Waals surface area contributed by atoms with Gasteiger partial charge >= 0.3 is 0 Å². The molecule has 114 valence electrons. The fraction of sp³-hybridized carbons (Fsp3) is 0.154. The third-order valence-electron chi connectivity index (χ3n) is 2.58. The smallest absolute Gasteiger partial charge is 0.264 e. The first-order valence-electron chi connectivity index (χ1n) is 5.99. The van der Waals surface area contributed by atoms with Crippen LogP contribution in [0.5, 0.6) is 0 Å². The maximum absolute atomic E-state index is 12.2. The topological polar surface area (TPSA) is 113 Å². The number of nitriles is 1. The van der Waals surface area contributed by atoms with Crippen LogP contribution in [0.1, 0.15) is 17.0 Å². The second-order valence-electron chi connectivity index (χ2n) is 4.42. The van der Waals surface area contributed by atoms with Gasteiger partial charge in [0.15, 0.2) is 0 Å². The standard InChI is InChI=1S/C13H10BrN3O4S/c1-8-2-11(16-21-8)6-13(18)17-22(19,20)12-4-9(7-15)3-10(14)5-12/h2-5H,6H2,1H3,(H,17,18). The van der Waals surface area contributed by atoms with Crippen molar-refractivity contribution in [2.75, 3.05) is 0 Å². The van der Waals surface area contributed by atoms with Gasteiger partial charge in [-0.25, -0.2) is 13.1 Å². The lowest BCUT2D eigenvalue weighted by Gasteiger charge is -2.07. The summed E-state index contributed by atoms with van der Waals surface area (Å²) in [5, 5.41) is 12.5. The van der Waals surface area contributed by atoms with E-state index in [0.29, 0.717) is 15.9 Å². The fourth-order valence-electron chi connectivity index (χ4n) is 1.69. The number of nitrogens with one attached hydrogen (secondary N) is 1. The summed E-state index contributed by atoms with van der Waals surface area (Å²) in [6.07, 6.45) is -0.227. The van der Waals surface area contributed by atoms with Crippen molar-refractivity contribution in [3.63, 3.8) is 0 Å². The largest absolute Gasteiger partial charge is 0.361 e. The molecule has 0 saturated carbocycles. The molecule has 9 heteroatoms. The van der Waals surface area contributed by atoms with Gasteiger partial charge in [0.25, 0.3) is 10.0 Å². The number of carbonyl (C=O) groups excluding carboxylic acids is 1. The Morgan fingerprint density at radius 1 is 1.41 bits per heavy atom. The number of hydrogen-bond acceptors (Lipinski definition) is 6. The van der Waals surface area contributed by atoms with Crippen LogP contribution in [0.4, 0.5) is 0 Å². The molecule has 0 saturated heterocycles. The van der Waals surface area contributed by atoms with Gasteiger partial charge in [-0.2, -0.15) is 5.26 Å². The Morgan fingerprint density at radius 3 is 2.73 bits per heavy atom. The third kappa shape index (κ3) is 3.93. The number of sulfonamides is 1. The van der Waals surface area contributed by atoms with E-state index < -0.39 is 15.9 Å². The minimum absolute atomic E-state index is 0.161. The Labute approximate surface area is 135 Å². The Bertz CT molecular complexity index is 868. The SMILES string of the molecule is Cc1cc(CC(=O)NS(=O)(=O)c2cc(Br)cc(C#N)c2)no1. The molecule has 0 spiro atoms. The lowest BCUT2D eigenvalue weighted by molar-refractivity contribution is -0.118. The van der Waals surface area contributed by atoms with E-state index in [1.165, 1.54) is 18.2 Å². The van der Waals surface area contributed by atoms with Crippen LogP contribution >= 0.6 is 15.9 Å². The summed E-state index contributed by atoms with van der Waals surface area (Å²) >= 11 is 3.12. The molecule has 0 atom stereocenters. The summed E-state index contributed by atoms with van der Waals surface area (Å²) in [5.41, 5.74) is 0.492.